The van der Waals surface area contributed by atoms with Gasteiger partial charge in [-0.15, -0.1) is 21.5 Å². The van der Waals surface area contributed by atoms with Crippen molar-refractivity contribution in [1.29, 1.82) is 0 Å². The number of aromatic nitrogens is 6. The minimum Gasteiger partial charge on any atom is -0.355 e. The molecule has 1 saturated heterocycles. The first-order chi connectivity index (χ1) is 10.8. The van der Waals surface area contributed by atoms with Crippen LogP contribution >= 0.6 is 11.3 Å². The summed E-state index contributed by atoms with van der Waals surface area (Å²) in [6.45, 7) is 4.06. The van der Waals surface area contributed by atoms with Crippen molar-refractivity contribution >= 4 is 27.4 Å². The molecule has 1 aliphatic heterocycles. The van der Waals surface area contributed by atoms with Crippen molar-refractivity contribution in [3.8, 4) is 0 Å². The van der Waals surface area contributed by atoms with Gasteiger partial charge in [-0.2, -0.15) is 5.21 Å². The van der Waals surface area contributed by atoms with Gasteiger partial charge in [0.25, 0.3) is 0 Å². The van der Waals surface area contributed by atoms with E-state index in [9.17, 15) is 0 Å². The Kier molecular flexibility index (Phi) is 3.45. The Morgan fingerprint density at radius 2 is 2.36 bits per heavy atom. The summed E-state index contributed by atoms with van der Waals surface area (Å²) < 4.78 is 0. The molecule has 0 aliphatic carbocycles. The van der Waals surface area contributed by atoms with E-state index in [-0.39, 0.29) is 0 Å². The number of nitrogens with zero attached hydrogens (tertiary/aromatic N) is 6. The number of aromatic amines is 1. The highest BCUT2D eigenvalue weighted by Gasteiger charge is 2.26. The van der Waals surface area contributed by atoms with Gasteiger partial charge in [0.05, 0.1) is 5.39 Å². The maximum Gasteiger partial charge on any atom is 0.179 e. The van der Waals surface area contributed by atoms with Gasteiger partial charge in [0, 0.05) is 23.9 Å². The molecule has 1 fully saturated rings. The van der Waals surface area contributed by atoms with Crippen LogP contribution in [0.15, 0.2) is 12.4 Å². The van der Waals surface area contributed by atoms with E-state index in [2.05, 4.69) is 48.5 Å². The van der Waals surface area contributed by atoms with Crippen LogP contribution < -0.4 is 4.90 Å². The molecule has 8 heteroatoms. The van der Waals surface area contributed by atoms with Crippen molar-refractivity contribution in [3.05, 3.63) is 23.1 Å². The summed E-state index contributed by atoms with van der Waals surface area (Å²) in [6, 6.07) is 2.23. The van der Waals surface area contributed by atoms with E-state index in [1.54, 1.807) is 17.7 Å². The number of aryl methyl sites for hydroxylation is 1. The van der Waals surface area contributed by atoms with Crippen LogP contribution in [0.1, 0.15) is 36.4 Å². The quantitative estimate of drug-likeness (QED) is 0.797. The van der Waals surface area contributed by atoms with Gasteiger partial charge < -0.3 is 4.90 Å². The summed E-state index contributed by atoms with van der Waals surface area (Å²) in [5.74, 6) is 2.14. The fourth-order valence-electron chi connectivity index (χ4n) is 3.04. The molecule has 0 aromatic carbocycles. The molecule has 0 saturated carbocycles. The first-order valence-electron chi connectivity index (χ1n) is 7.57. The lowest BCUT2D eigenvalue weighted by Gasteiger charge is -2.32. The predicted molar refractivity (Wildman–Crippen MR) is 85.2 cm³/mol. The highest BCUT2D eigenvalue weighted by Crippen LogP contribution is 2.33. The second-order valence-corrected chi connectivity index (χ2v) is 6.65. The molecule has 4 heterocycles. The second kappa shape index (κ2) is 5.60. The molecule has 1 unspecified atom stereocenters. The van der Waals surface area contributed by atoms with Gasteiger partial charge in [-0.1, -0.05) is 12.1 Å². The highest BCUT2D eigenvalue weighted by molar-refractivity contribution is 7.18. The van der Waals surface area contributed by atoms with E-state index in [1.807, 2.05) is 0 Å². The number of rotatable bonds is 3. The number of nitrogens with one attached hydrogen (secondary N) is 1. The molecule has 1 aliphatic rings. The van der Waals surface area contributed by atoms with Crippen molar-refractivity contribution in [2.75, 3.05) is 18.0 Å². The van der Waals surface area contributed by atoms with Crippen LogP contribution in [0, 0.1) is 0 Å². The largest absolute Gasteiger partial charge is 0.355 e. The zero-order valence-electron chi connectivity index (χ0n) is 12.4. The Morgan fingerprint density at radius 3 is 3.18 bits per heavy atom. The lowest BCUT2D eigenvalue weighted by atomic mass is 9.97. The van der Waals surface area contributed by atoms with Crippen LogP contribution in [0.4, 0.5) is 5.82 Å². The van der Waals surface area contributed by atoms with Gasteiger partial charge in [0.1, 0.15) is 17.0 Å². The molecule has 0 amide bonds. The minimum atomic E-state index is 0.307. The van der Waals surface area contributed by atoms with Crippen LogP contribution in [0.2, 0.25) is 0 Å². The zero-order valence-corrected chi connectivity index (χ0v) is 13.2. The Balaban J connectivity index is 1.67. The van der Waals surface area contributed by atoms with E-state index in [0.717, 1.165) is 54.2 Å². The topological polar surface area (TPSA) is 83.5 Å². The number of anilines is 1. The van der Waals surface area contributed by atoms with Gasteiger partial charge in [-0.05, 0) is 25.3 Å². The summed E-state index contributed by atoms with van der Waals surface area (Å²) in [4.78, 5) is 13.7. The Morgan fingerprint density at radius 1 is 1.41 bits per heavy atom. The lowest BCUT2D eigenvalue weighted by molar-refractivity contribution is 0.490. The maximum absolute atomic E-state index is 4.55. The Hall–Kier alpha value is -2.09. The summed E-state index contributed by atoms with van der Waals surface area (Å²) in [6.07, 6.45) is 4.90. The van der Waals surface area contributed by atoms with Crippen molar-refractivity contribution in [2.45, 2.75) is 32.1 Å². The van der Waals surface area contributed by atoms with E-state index in [0.29, 0.717) is 5.92 Å². The van der Waals surface area contributed by atoms with Gasteiger partial charge >= 0.3 is 0 Å². The molecular weight excluding hydrogens is 298 g/mol. The van der Waals surface area contributed by atoms with Crippen molar-refractivity contribution in [1.82, 2.24) is 30.6 Å². The fourth-order valence-corrected chi connectivity index (χ4v) is 3.97. The zero-order chi connectivity index (χ0) is 14.9. The first kappa shape index (κ1) is 13.6. The number of hydrogen-bond acceptors (Lipinski definition) is 7. The number of H-pyrrole nitrogens is 1. The molecule has 0 bridgehead atoms. The third kappa shape index (κ3) is 2.33. The van der Waals surface area contributed by atoms with Crippen LogP contribution in [-0.2, 0) is 6.42 Å². The second-order valence-electron chi connectivity index (χ2n) is 5.54. The third-order valence-corrected chi connectivity index (χ3v) is 5.34. The fraction of sp³-hybridized carbons (Fsp3) is 0.500. The summed E-state index contributed by atoms with van der Waals surface area (Å²) in [5, 5.41) is 15.7. The molecule has 4 rings (SSSR count). The average molecular weight is 315 g/mol. The molecule has 0 radical (unpaired) electrons. The van der Waals surface area contributed by atoms with Crippen LogP contribution in [0.25, 0.3) is 10.2 Å². The van der Waals surface area contributed by atoms with Gasteiger partial charge in [0.2, 0.25) is 0 Å². The van der Waals surface area contributed by atoms with Crippen molar-refractivity contribution < 1.29 is 0 Å². The normalized spacial score (nSPS) is 19.0. The molecule has 3 aromatic rings. The lowest BCUT2D eigenvalue weighted by Crippen LogP contribution is -2.35. The molecule has 1 atom stereocenters. The molecule has 7 nitrogen and oxygen atoms in total. The number of piperidine rings is 1. The van der Waals surface area contributed by atoms with Crippen LogP contribution in [-0.4, -0.2) is 43.7 Å². The van der Waals surface area contributed by atoms with Gasteiger partial charge in [-0.3, -0.25) is 0 Å². The van der Waals surface area contributed by atoms with Gasteiger partial charge in [0.15, 0.2) is 5.82 Å². The number of fused-ring (bicyclic) bond motifs is 1. The first-order valence-corrected chi connectivity index (χ1v) is 8.38. The number of thiophene rings is 1. The number of tetrazole rings is 1. The van der Waals surface area contributed by atoms with E-state index in [4.69, 9.17) is 0 Å². The number of hydrogen-bond donors (Lipinski definition) is 1. The van der Waals surface area contributed by atoms with E-state index in [1.165, 1.54) is 4.88 Å². The SMILES string of the molecule is CCc1cc2c(N3CCCC(c4nn[nH]n4)C3)ncnc2s1. The highest BCUT2D eigenvalue weighted by atomic mass is 32.1. The van der Waals surface area contributed by atoms with E-state index < -0.39 is 0 Å². The van der Waals surface area contributed by atoms with Crippen molar-refractivity contribution in [3.63, 3.8) is 0 Å². The Labute approximate surface area is 131 Å². The molecule has 1 N–H and O–H groups in total. The van der Waals surface area contributed by atoms with Crippen molar-refractivity contribution in [2.24, 2.45) is 0 Å². The van der Waals surface area contributed by atoms with Gasteiger partial charge in [-0.25, -0.2) is 9.97 Å². The minimum absolute atomic E-state index is 0.307. The summed E-state index contributed by atoms with van der Waals surface area (Å²) in [5.41, 5.74) is 0. The molecular formula is C14H17N7S. The van der Waals surface area contributed by atoms with Crippen LogP contribution in [0.3, 0.4) is 0 Å². The summed E-state index contributed by atoms with van der Waals surface area (Å²) >= 11 is 1.76. The smallest absolute Gasteiger partial charge is 0.179 e. The third-order valence-electron chi connectivity index (χ3n) is 4.16. The Bertz CT molecular complexity index is 767. The molecule has 22 heavy (non-hydrogen) atoms. The molecule has 114 valence electrons. The maximum atomic E-state index is 4.55. The summed E-state index contributed by atoms with van der Waals surface area (Å²) in [7, 11) is 0. The molecule has 0 spiro atoms. The monoisotopic (exact) mass is 315 g/mol. The predicted octanol–water partition coefficient (Wildman–Crippen LogP) is 2.15. The average Bonchev–Trinajstić information content (AvgIpc) is 3.23. The van der Waals surface area contributed by atoms with E-state index >= 15 is 0 Å². The standard InChI is InChI=1S/C14H17N7S/c1-2-10-6-11-13(15-8-16-14(11)22-10)21-5-3-4-9(7-21)12-17-19-20-18-12/h6,8-9H,2-5,7H2,1H3,(H,17,18,19,20). The van der Waals surface area contributed by atoms with Crippen LogP contribution in [0.5, 0.6) is 0 Å². The molecule has 3 aromatic heterocycles.